The maximum atomic E-state index is 6.08. The van der Waals surface area contributed by atoms with Gasteiger partial charge in [0.1, 0.15) is 5.76 Å². The Bertz CT molecular complexity index is 476. The number of nitrogens with zero attached hydrogens (tertiary/aromatic N) is 1. The molecule has 0 radical (unpaired) electrons. The van der Waals surface area contributed by atoms with Gasteiger partial charge >= 0.3 is 0 Å². The zero-order valence-electron chi connectivity index (χ0n) is 9.16. The fraction of sp³-hybridized carbons (Fsp3) is 0.250. The molecule has 1 aromatic carbocycles. The SMILES string of the molecule is Cc1noc(C)c1CSc1ccccc1Cl. The van der Waals surface area contributed by atoms with E-state index >= 15 is 0 Å². The summed E-state index contributed by atoms with van der Waals surface area (Å²) in [5.41, 5.74) is 2.11. The van der Waals surface area contributed by atoms with Crippen LogP contribution in [0.2, 0.25) is 5.02 Å². The summed E-state index contributed by atoms with van der Waals surface area (Å²) in [5.74, 6) is 1.72. The van der Waals surface area contributed by atoms with Crippen molar-refractivity contribution in [2.24, 2.45) is 0 Å². The molecule has 0 atom stereocenters. The average Bonchev–Trinajstić information content (AvgIpc) is 2.58. The molecule has 0 aliphatic rings. The second-order valence-electron chi connectivity index (χ2n) is 3.52. The monoisotopic (exact) mass is 253 g/mol. The first-order chi connectivity index (χ1) is 7.68. The second-order valence-corrected chi connectivity index (χ2v) is 4.95. The van der Waals surface area contributed by atoms with E-state index in [0.29, 0.717) is 0 Å². The van der Waals surface area contributed by atoms with Gasteiger partial charge in [-0.05, 0) is 26.0 Å². The third kappa shape index (κ3) is 2.42. The fourth-order valence-corrected chi connectivity index (χ4v) is 2.81. The molecule has 0 bridgehead atoms. The lowest BCUT2D eigenvalue weighted by Crippen LogP contribution is -1.85. The summed E-state index contributed by atoms with van der Waals surface area (Å²) in [6, 6.07) is 7.84. The van der Waals surface area contributed by atoms with Crippen molar-refractivity contribution in [3.8, 4) is 0 Å². The van der Waals surface area contributed by atoms with Gasteiger partial charge in [-0.3, -0.25) is 0 Å². The maximum Gasteiger partial charge on any atom is 0.137 e. The molecule has 0 saturated carbocycles. The van der Waals surface area contributed by atoms with Crippen molar-refractivity contribution < 1.29 is 4.52 Å². The number of rotatable bonds is 3. The van der Waals surface area contributed by atoms with Crippen molar-refractivity contribution in [3.63, 3.8) is 0 Å². The van der Waals surface area contributed by atoms with E-state index in [1.54, 1.807) is 11.8 Å². The minimum atomic E-state index is 0.791. The van der Waals surface area contributed by atoms with Gasteiger partial charge in [0.15, 0.2) is 0 Å². The van der Waals surface area contributed by atoms with Crippen LogP contribution in [0.1, 0.15) is 17.0 Å². The minimum Gasteiger partial charge on any atom is -0.361 e. The molecule has 2 rings (SSSR count). The zero-order valence-corrected chi connectivity index (χ0v) is 10.7. The zero-order chi connectivity index (χ0) is 11.5. The van der Waals surface area contributed by atoms with Gasteiger partial charge in [-0.25, -0.2) is 0 Å². The van der Waals surface area contributed by atoms with E-state index < -0.39 is 0 Å². The Labute approximate surface area is 104 Å². The van der Waals surface area contributed by atoms with Crippen LogP contribution in [0, 0.1) is 13.8 Å². The molecule has 16 heavy (non-hydrogen) atoms. The highest BCUT2D eigenvalue weighted by atomic mass is 35.5. The van der Waals surface area contributed by atoms with Crippen molar-refractivity contribution in [2.75, 3.05) is 0 Å². The largest absolute Gasteiger partial charge is 0.361 e. The minimum absolute atomic E-state index is 0.791. The molecule has 0 fully saturated rings. The van der Waals surface area contributed by atoms with E-state index in [9.17, 15) is 0 Å². The number of thioether (sulfide) groups is 1. The predicted molar refractivity (Wildman–Crippen MR) is 67.0 cm³/mol. The third-order valence-electron chi connectivity index (χ3n) is 2.39. The average molecular weight is 254 g/mol. The first-order valence-electron chi connectivity index (χ1n) is 4.97. The van der Waals surface area contributed by atoms with Gasteiger partial charge in [0.25, 0.3) is 0 Å². The molecular formula is C12H12ClNOS. The molecule has 0 aliphatic carbocycles. The summed E-state index contributed by atoms with van der Waals surface area (Å²) in [7, 11) is 0. The van der Waals surface area contributed by atoms with Crippen molar-refractivity contribution in [1.29, 1.82) is 0 Å². The van der Waals surface area contributed by atoms with E-state index in [1.165, 1.54) is 0 Å². The molecule has 0 amide bonds. The highest BCUT2D eigenvalue weighted by molar-refractivity contribution is 7.98. The van der Waals surface area contributed by atoms with E-state index in [-0.39, 0.29) is 0 Å². The molecule has 2 nitrogen and oxygen atoms in total. The van der Waals surface area contributed by atoms with Crippen LogP contribution >= 0.6 is 23.4 Å². The van der Waals surface area contributed by atoms with E-state index in [4.69, 9.17) is 16.1 Å². The first kappa shape index (κ1) is 11.6. The molecule has 2 aromatic rings. The summed E-state index contributed by atoms with van der Waals surface area (Å²) < 4.78 is 5.12. The van der Waals surface area contributed by atoms with Crippen molar-refractivity contribution in [1.82, 2.24) is 5.16 Å². The van der Waals surface area contributed by atoms with Crippen LogP contribution in [0.15, 0.2) is 33.7 Å². The van der Waals surface area contributed by atoms with Crippen LogP contribution in [-0.4, -0.2) is 5.16 Å². The van der Waals surface area contributed by atoms with Crippen LogP contribution < -0.4 is 0 Å². The fourth-order valence-electron chi connectivity index (χ4n) is 1.42. The number of halogens is 1. The summed E-state index contributed by atoms with van der Waals surface area (Å²) in [4.78, 5) is 1.09. The summed E-state index contributed by atoms with van der Waals surface area (Å²) >= 11 is 7.79. The molecule has 1 heterocycles. The molecule has 84 valence electrons. The highest BCUT2D eigenvalue weighted by Crippen LogP contribution is 2.30. The van der Waals surface area contributed by atoms with Gasteiger partial charge in [-0.1, -0.05) is 28.9 Å². The van der Waals surface area contributed by atoms with Crippen molar-refractivity contribution >= 4 is 23.4 Å². The lowest BCUT2D eigenvalue weighted by Gasteiger charge is -2.03. The van der Waals surface area contributed by atoms with Crippen LogP contribution in [0.4, 0.5) is 0 Å². The summed E-state index contributed by atoms with van der Waals surface area (Å²) in [5, 5.41) is 4.72. The van der Waals surface area contributed by atoms with Crippen LogP contribution in [-0.2, 0) is 5.75 Å². The van der Waals surface area contributed by atoms with Crippen LogP contribution in [0.5, 0.6) is 0 Å². The van der Waals surface area contributed by atoms with Gasteiger partial charge in [0.05, 0.1) is 10.7 Å². The van der Waals surface area contributed by atoms with Crippen LogP contribution in [0.25, 0.3) is 0 Å². The topological polar surface area (TPSA) is 26.0 Å². The van der Waals surface area contributed by atoms with Gasteiger partial charge in [0, 0.05) is 16.2 Å². The molecule has 0 spiro atoms. The van der Waals surface area contributed by atoms with E-state index in [2.05, 4.69) is 5.16 Å². The number of hydrogen-bond donors (Lipinski definition) is 0. The molecule has 0 N–H and O–H groups in total. The lowest BCUT2D eigenvalue weighted by molar-refractivity contribution is 0.392. The molecular weight excluding hydrogens is 242 g/mol. The van der Waals surface area contributed by atoms with E-state index in [0.717, 1.165) is 32.7 Å². The first-order valence-corrected chi connectivity index (χ1v) is 6.34. The Morgan fingerprint density at radius 3 is 2.69 bits per heavy atom. The van der Waals surface area contributed by atoms with Crippen LogP contribution in [0.3, 0.4) is 0 Å². The third-order valence-corrected chi connectivity index (χ3v) is 3.93. The molecule has 0 aliphatic heterocycles. The smallest absolute Gasteiger partial charge is 0.137 e. The van der Waals surface area contributed by atoms with Gasteiger partial charge in [-0.2, -0.15) is 0 Å². The maximum absolute atomic E-state index is 6.08. The summed E-state index contributed by atoms with van der Waals surface area (Å²) in [6.07, 6.45) is 0. The van der Waals surface area contributed by atoms with Gasteiger partial charge < -0.3 is 4.52 Å². The Kier molecular flexibility index (Phi) is 3.56. The van der Waals surface area contributed by atoms with Crippen molar-refractivity contribution in [3.05, 3.63) is 46.3 Å². The molecule has 0 saturated heterocycles. The molecule has 1 aromatic heterocycles. The quantitative estimate of drug-likeness (QED) is 0.766. The number of aromatic nitrogens is 1. The number of hydrogen-bond acceptors (Lipinski definition) is 3. The van der Waals surface area contributed by atoms with Gasteiger partial charge in [0.2, 0.25) is 0 Å². The number of aryl methyl sites for hydroxylation is 2. The normalized spacial score (nSPS) is 10.7. The van der Waals surface area contributed by atoms with Crippen molar-refractivity contribution in [2.45, 2.75) is 24.5 Å². The predicted octanol–water partition coefficient (Wildman–Crippen LogP) is 4.24. The molecule has 4 heteroatoms. The van der Waals surface area contributed by atoms with Gasteiger partial charge in [-0.15, -0.1) is 11.8 Å². The Morgan fingerprint density at radius 1 is 1.31 bits per heavy atom. The Morgan fingerprint density at radius 2 is 2.06 bits per heavy atom. The Balaban J connectivity index is 2.11. The number of benzene rings is 1. The second kappa shape index (κ2) is 4.93. The highest BCUT2D eigenvalue weighted by Gasteiger charge is 2.09. The lowest BCUT2D eigenvalue weighted by atomic mass is 10.2. The Hall–Kier alpha value is -0.930. The standard InChI is InChI=1S/C12H12ClNOS/c1-8-10(9(2)15-14-8)7-16-12-6-4-3-5-11(12)13/h3-6H,7H2,1-2H3. The van der Waals surface area contributed by atoms with E-state index in [1.807, 2.05) is 38.1 Å². The summed E-state index contributed by atoms with van der Waals surface area (Å²) in [6.45, 7) is 3.89. The molecule has 0 unspecified atom stereocenters.